The van der Waals surface area contributed by atoms with Gasteiger partial charge in [-0.15, -0.1) is 0 Å². The van der Waals surface area contributed by atoms with Crippen LogP contribution in [0.5, 0.6) is 0 Å². The zero-order chi connectivity index (χ0) is 13.9. The second-order valence-electron chi connectivity index (χ2n) is 4.90. The molecule has 0 saturated carbocycles. The lowest BCUT2D eigenvalue weighted by molar-refractivity contribution is -0.142. The number of benzene rings is 2. The Labute approximate surface area is 112 Å². The minimum atomic E-state index is -1.22. The average Bonchev–Trinajstić information content (AvgIpc) is 2.38. The fourth-order valence-corrected chi connectivity index (χ4v) is 1.91. The summed E-state index contributed by atoms with van der Waals surface area (Å²) in [6.45, 7) is 1.52. The first-order chi connectivity index (χ1) is 9.00. The minimum absolute atomic E-state index is 0.297. The molecule has 0 aliphatic carbocycles. The number of carboxylic acids is 1. The van der Waals surface area contributed by atoms with Crippen LogP contribution in [0.4, 0.5) is 0 Å². The number of hydrogen-bond donors (Lipinski definition) is 2. The van der Waals surface area contributed by atoms with Gasteiger partial charge in [-0.3, -0.25) is 4.79 Å². The summed E-state index contributed by atoms with van der Waals surface area (Å²) in [7, 11) is 0. The van der Waals surface area contributed by atoms with Gasteiger partial charge in [0.2, 0.25) is 0 Å². The fraction of sp³-hybridized carbons (Fsp3) is 0.188. The number of aliphatic carboxylic acids is 1. The van der Waals surface area contributed by atoms with Crippen LogP contribution < -0.4 is 5.73 Å². The lowest BCUT2D eigenvalue weighted by atomic mass is 9.98. The molecule has 98 valence electrons. The van der Waals surface area contributed by atoms with Crippen LogP contribution in [-0.4, -0.2) is 16.6 Å². The van der Waals surface area contributed by atoms with Crippen molar-refractivity contribution in [3.8, 4) is 0 Å². The van der Waals surface area contributed by atoms with Gasteiger partial charge < -0.3 is 10.8 Å². The molecule has 0 fully saturated rings. The number of carboxylic acid groups (broad SMARTS) is 1. The van der Waals surface area contributed by atoms with Gasteiger partial charge in [-0.25, -0.2) is 0 Å². The highest BCUT2D eigenvalue weighted by atomic mass is 16.4. The molecule has 2 rings (SSSR count). The van der Waals surface area contributed by atoms with Crippen LogP contribution in [0.1, 0.15) is 18.9 Å². The van der Waals surface area contributed by atoms with Crippen LogP contribution in [0, 0.1) is 0 Å². The number of fused-ring (bicyclic) bond motifs is 1. The molecule has 19 heavy (non-hydrogen) atoms. The van der Waals surface area contributed by atoms with Crippen LogP contribution in [0.15, 0.2) is 48.5 Å². The van der Waals surface area contributed by atoms with Gasteiger partial charge in [0.15, 0.2) is 0 Å². The first-order valence-corrected chi connectivity index (χ1v) is 6.17. The van der Waals surface area contributed by atoms with E-state index in [9.17, 15) is 4.79 Å². The summed E-state index contributed by atoms with van der Waals surface area (Å²) in [6.07, 6.45) is 4.04. The summed E-state index contributed by atoms with van der Waals surface area (Å²) < 4.78 is 0. The van der Waals surface area contributed by atoms with Gasteiger partial charge in [0.25, 0.3) is 0 Å². The van der Waals surface area contributed by atoms with Crippen LogP contribution in [0.25, 0.3) is 16.8 Å². The Bertz CT molecular complexity index is 624. The SMILES string of the molecule is C[C@](N)(C/C=C/c1cccc2ccccc12)C(=O)O. The van der Waals surface area contributed by atoms with E-state index in [1.165, 1.54) is 12.3 Å². The van der Waals surface area contributed by atoms with Crippen molar-refractivity contribution >= 4 is 22.8 Å². The number of carbonyl (C=O) groups is 1. The predicted molar refractivity (Wildman–Crippen MR) is 77.8 cm³/mol. The highest BCUT2D eigenvalue weighted by Crippen LogP contribution is 2.20. The molecule has 0 aliphatic rings. The van der Waals surface area contributed by atoms with Crippen molar-refractivity contribution in [3.63, 3.8) is 0 Å². The van der Waals surface area contributed by atoms with E-state index < -0.39 is 11.5 Å². The van der Waals surface area contributed by atoms with Crippen LogP contribution >= 0.6 is 0 Å². The summed E-state index contributed by atoms with van der Waals surface area (Å²) in [5.74, 6) is -0.991. The molecule has 3 nitrogen and oxygen atoms in total. The fourth-order valence-electron chi connectivity index (χ4n) is 1.91. The zero-order valence-electron chi connectivity index (χ0n) is 10.8. The zero-order valence-corrected chi connectivity index (χ0v) is 10.8. The first kappa shape index (κ1) is 13.3. The Balaban J connectivity index is 2.25. The van der Waals surface area contributed by atoms with Crippen LogP contribution in [-0.2, 0) is 4.79 Å². The normalized spacial score (nSPS) is 14.6. The number of nitrogens with two attached hydrogens (primary N) is 1. The van der Waals surface area contributed by atoms with E-state index in [-0.39, 0.29) is 0 Å². The van der Waals surface area contributed by atoms with Crippen molar-refractivity contribution in [2.45, 2.75) is 18.9 Å². The summed E-state index contributed by atoms with van der Waals surface area (Å²) in [4.78, 5) is 10.9. The molecule has 0 spiro atoms. The van der Waals surface area contributed by atoms with E-state index >= 15 is 0 Å². The molecule has 0 radical (unpaired) electrons. The lowest BCUT2D eigenvalue weighted by Crippen LogP contribution is -2.44. The molecule has 1 atom stereocenters. The van der Waals surface area contributed by atoms with Crippen LogP contribution in [0.2, 0.25) is 0 Å². The lowest BCUT2D eigenvalue weighted by Gasteiger charge is -2.16. The average molecular weight is 255 g/mol. The van der Waals surface area contributed by atoms with E-state index in [2.05, 4.69) is 12.1 Å². The molecule has 0 unspecified atom stereocenters. The Morgan fingerprint density at radius 1 is 1.26 bits per heavy atom. The summed E-state index contributed by atoms with van der Waals surface area (Å²) >= 11 is 0. The van der Waals surface area contributed by atoms with Crippen LogP contribution in [0.3, 0.4) is 0 Å². The third kappa shape index (κ3) is 3.01. The molecule has 0 amide bonds. The molecule has 0 saturated heterocycles. The Morgan fingerprint density at radius 3 is 2.68 bits per heavy atom. The topological polar surface area (TPSA) is 63.3 Å². The predicted octanol–water partition coefficient (Wildman–Crippen LogP) is 3.05. The molecule has 3 heteroatoms. The van der Waals surface area contributed by atoms with Gasteiger partial charge in [-0.2, -0.15) is 0 Å². The van der Waals surface area contributed by atoms with Gasteiger partial charge >= 0.3 is 5.97 Å². The smallest absolute Gasteiger partial charge is 0.323 e. The van der Waals surface area contributed by atoms with Gasteiger partial charge in [0.05, 0.1) is 0 Å². The molecule has 0 bridgehead atoms. The standard InChI is InChI=1S/C16H17NO2/c1-16(17,15(18)19)11-5-9-13-8-4-7-12-6-2-3-10-14(12)13/h2-10H,11,17H2,1H3,(H,18,19)/b9-5+/t16-/m0/s1. The monoisotopic (exact) mass is 255 g/mol. The highest BCUT2D eigenvalue weighted by Gasteiger charge is 2.25. The summed E-state index contributed by atoms with van der Waals surface area (Å²) in [5.41, 5.74) is 5.53. The molecule has 2 aromatic rings. The van der Waals surface area contributed by atoms with E-state index in [0.717, 1.165) is 10.9 Å². The largest absolute Gasteiger partial charge is 0.480 e. The number of rotatable bonds is 4. The Morgan fingerprint density at radius 2 is 1.95 bits per heavy atom. The van der Waals surface area contributed by atoms with Crippen molar-refractivity contribution < 1.29 is 9.90 Å². The minimum Gasteiger partial charge on any atom is -0.480 e. The maximum atomic E-state index is 10.9. The summed E-state index contributed by atoms with van der Waals surface area (Å²) in [6, 6.07) is 14.1. The van der Waals surface area contributed by atoms with Crippen molar-refractivity contribution in [2.75, 3.05) is 0 Å². The molecule has 0 aromatic heterocycles. The molecular weight excluding hydrogens is 238 g/mol. The quantitative estimate of drug-likeness (QED) is 0.882. The Kier molecular flexibility index (Phi) is 3.67. The third-order valence-electron chi connectivity index (χ3n) is 3.15. The maximum absolute atomic E-state index is 10.9. The molecule has 3 N–H and O–H groups in total. The van der Waals surface area contributed by atoms with Crippen molar-refractivity contribution in [1.29, 1.82) is 0 Å². The second kappa shape index (κ2) is 5.24. The molecule has 0 aliphatic heterocycles. The first-order valence-electron chi connectivity index (χ1n) is 6.17. The van der Waals surface area contributed by atoms with Crippen molar-refractivity contribution in [1.82, 2.24) is 0 Å². The van der Waals surface area contributed by atoms with Crippen molar-refractivity contribution in [3.05, 3.63) is 54.1 Å². The van der Waals surface area contributed by atoms with Gasteiger partial charge in [-0.1, -0.05) is 54.6 Å². The van der Waals surface area contributed by atoms with E-state index in [1.54, 1.807) is 0 Å². The van der Waals surface area contributed by atoms with Gasteiger partial charge in [-0.05, 0) is 29.7 Å². The third-order valence-corrected chi connectivity index (χ3v) is 3.15. The molecular formula is C16H17NO2. The Hall–Kier alpha value is -2.13. The molecule has 2 aromatic carbocycles. The van der Waals surface area contributed by atoms with E-state index in [0.29, 0.717) is 6.42 Å². The van der Waals surface area contributed by atoms with E-state index in [1.807, 2.05) is 42.5 Å². The second-order valence-corrected chi connectivity index (χ2v) is 4.90. The van der Waals surface area contributed by atoms with Crippen molar-refractivity contribution in [2.24, 2.45) is 5.73 Å². The summed E-state index contributed by atoms with van der Waals surface area (Å²) in [5, 5.41) is 11.3. The highest BCUT2D eigenvalue weighted by molar-refractivity contribution is 5.90. The van der Waals surface area contributed by atoms with Gasteiger partial charge in [0.1, 0.15) is 5.54 Å². The number of hydrogen-bond acceptors (Lipinski definition) is 2. The van der Waals surface area contributed by atoms with Gasteiger partial charge in [0, 0.05) is 0 Å². The molecule has 0 heterocycles. The maximum Gasteiger partial charge on any atom is 0.323 e. The van der Waals surface area contributed by atoms with E-state index in [4.69, 9.17) is 10.8 Å².